The van der Waals surface area contributed by atoms with E-state index in [-0.39, 0.29) is 11.5 Å². The van der Waals surface area contributed by atoms with Gasteiger partial charge in [-0.15, -0.1) is 0 Å². The maximum absolute atomic E-state index is 11.0. The molecule has 0 atom stereocenters. The van der Waals surface area contributed by atoms with Crippen molar-refractivity contribution in [2.24, 2.45) is 0 Å². The molecule has 0 radical (unpaired) electrons. The van der Waals surface area contributed by atoms with Gasteiger partial charge in [0.1, 0.15) is 11.4 Å². The quantitative estimate of drug-likeness (QED) is 0.790. The number of hydrogen-bond acceptors (Lipinski definition) is 3. The summed E-state index contributed by atoms with van der Waals surface area (Å²) in [5.74, 6) is 0.977. The van der Waals surface area contributed by atoms with Crippen molar-refractivity contribution < 1.29 is 9.53 Å². The molecule has 1 heterocycles. The molecular formula is C21H26N2O2. The van der Waals surface area contributed by atoms with Gasteiger partial charge in [0.15, 0.2) is 0 Å². The van der Waals surface area contributed by atoms with E-state index in [4.69, 9.17) is 4.74 Å². The van der Waals surface area contributed by atoms with E-state index in [0.29, 0.717) is 0 Å². The maximum Gasteiger partial charge on any atom is 0.221 e. The molecule has 0 bridgehead atoms. The topological polar surface area (TPSA) is 50.4 Å². The van der Waals surface area contributed by atoms with Crippen molar-refractivity contribution >= 4 is 11.6 Å². The number of hydrogen-bond donors (Lipinski definition) is 2. The minimum Gasteiger partial charge on any atom is -0.487 e. The third-order valence-electron chi connectivity index (χ3n) is 4.32. The average molecular weight is 338 g/mol. The van der Waals surface area contributed by atoms with Crippen LogP contribution in [0.4, 0.5) is 5.69 Å². The van der Waals surface area contributed by atoms with Crippen LogP contribution < -0.4 is 15.4 Å². The van der Waals surface area contributed by atoms with Crippen molar-refractivity contribution in [3.8, 4) is 5.75 Å². The lowest BCUT2D eigenvalue weighted by Crippen LogP contribution is -2.24. The van der Waals surface area contributed by atoms with Crippen molar-refractivity contribution in [2.45, 2.75) is 45.8 Å². The Morgan fingerprint density at radius 1 is 1.12 bits per heavy atom. The largest absolute Gasteiger partial charge is 0.487 e. The van der Waals surface area contributed by atoms with E-state index in [0.717, 1.165) is 37.4 Å². The average Bonchev–Trinajstić information content (AvgIpc) is 2.85. The van der Waals surface area contributed by atoms with Crippen LogP contribution in [0, 0.1) is 0 Å². The summed E-state index contributed by atoms with van der Waals surface area (Å²) in [6.07, 6.45) is 1.93. The minimum absolute atomic E-state index is 0.0439. The van der Waals surface area contributed by atoms with Gasteiger partial charge < -0.3 is 15.4 Å². The van der Waals surface area contributed by atoms with E-state index in [1.807, 2.05) is 12.1 Å². The Bertz CT molecular complexity index is 751. The lowest BCUT2D eigenvalue weighted by molar-refractivity contribution is -0.114. The molecule has 2 aromatic carbocycles. The predicted octanol–water partition coefficient (Wildman–Crippen LogP) is 3.69. The highest BCUT2D eigenvalue weighted by atomic mass is 16.5. The third kappa shape index (κ3) is 4.83. The molecule has 25 heavy (non-hydrogen) atoms. The zero-order valence-electron chi connectivity index (χ0n) is 15.2. The van der Waals surface area contributed by atoms with Gasteiger partial charge in [0, 0.05) is 25.6 Å². The van der Waals surface area contributed by atoms with E-state index < -0.39 is 0 Å². The molecular weight excluding hydrogens is 312 g/mol. The molecule has 0 aromatic heterocycles. The molecule has 0 unspecified atom stereocenters. The number of carbonyl (C=O) groups excluding carboxylic acids is 1. The van der Waals surface area contributed by atoms with Crippen LogP contribution >= 0.6 is 0 Å². The van der Waals surface area contributed by atoms with E-state index in [2.05, 4.69) is 54.8 Å². The number of rotatable bonds is 6. The zero-order chi connectivity index (χ0) is 17.9. The number of anilines is 1. The van der Waals surface area contributed by atoms with Gasteiger partial charge >= 0.3 is 0 Å². The fraction of sp³-hybridized carbons (Fsp3) is 0.381. The first-order valence-corrected chi connectivity index (χ1v) is 8.79. The Morgan fingerprint density at radius 2 is 1.84 bits per heavy atom. The number of benzene rings is 2. The Labute approximate surface area is 149 Å². The highest BCUT2D eigenvalue weighted by Gasteiger charge is 2.29. The Kier molecular flexibility index (Phi) is 5.09. The number of fused-ring (bicyclic) bond motifs is 1. The Morgan fingerprint density at radius 3 is 2.56 bits per heavy atom. The van der Waals surface area contributed by atoms with Crippen LogP contribution in [-0.4, -0.2) is 18.1 Å². The standard InChI is InChI=1S/C21H26N2O2/c1-15(24)23-19-7-4-16(5-8-19)10-11-22-14-17-6-9-20-18(12-17)13-21(2,3)25-20/h4-9,12,22H,10-11,13-14H2,1-3H3,(H,23,24). The lowest BCUT2D eigenvalue weighted by atomic mass is 10.0. The Hall–Kier alpha value is -2.33. The van der Waals surface area contributed by atoms with Crippen molar-refractivity contribution in [1.29, 1.82) is 0 Å². The van der Waals surface area contributed by atoms with Crippen molar-refractivity contribution in [3.63, 3.8) is 0 Å². The van der Waals surface area contributed by atoms with Crippen LogP contribution in [0.5, 0.6) is 5.75 Å². The summed E-state index contributed by atoms with van der Waals surface area (Å²) >= 11 is 0. The molecule has 4 nitrogen and oxygen atoms in total. The smallest absolute Gasteiger partial charge is 0.221 e. The molecule has 0 saturated heterocycles. The SMILES string of the molecule is CC(=O)Nc1ccc(CCNCc2ccc3c(c2)CC(C)(C)O3)cc1. The summed E-state index contributed by atoms with van der Waals surface area (Å²) in [6.45, 7) is 7.55. The summed E-state index contributed by atoms with van der Waals surface area (Å²) in [4.78, 5) is 11.0. The minimum atomic E-state index is -0.0855. The van der Waals surface area contributed by atoms with E-state index in [1.165, 1.54) is 23.6 Å². The molecule has 2 aromatic rings. The first kappa shape index (κ1) is 17.5. The molecule has 1 aliphatic heterocycles. The number of carbonyl (C=O) groups is 1. The van der Waals surface area contributed by atoms with Crippen LogP contribution in [0.3, 0.4) is 0 Å². The van der Waals surface area contributed by atoms with Crippen LogP contribution in [0.25, 0.3) is 0 Å². The molecule has 0 spiro atoms. The molecule has 2 N–H and O–H groups in total. The van der Waals surface area contributed by atoms with Gasteiger partial charge in [-0.2, -0.15) is 0 Å². The first-order valence-electron chi connectivity index (χ1n) is 8.79. The molecule has 1 amide bonds. The third-order valence-corrected chi connectivity index (χ3v) is 4.32. The van der Waals surface area contributed by atoms with Crippen molar-refractivity contribution in [2.75, 3.05) is 11.9 Å². The predicted molar refractivity (Wildman–Crippen MR) is 101 cm³/mol. The van der Waals surface area contributed by atoms with E-state index in [9.17, 15) is 4.79 Å². The molecule has 0 saturated carbocycles. The second-order valence-electron chi connectivity index (χ2n) is 7.29. The number of ether oxygens (including phenoxy) is 1. The van der Waals surface area contributed by atoms with Gasteiger partial charge in [-0.25, -0.2) is 0 Å². The lowest BCUT2D eigenvalue weighted by Gasteiger charge is -2.16. The molecule has 1 aliphatic rings. The Balaban J connectivity index is 1.45. The summed E-state index contributed by atoms with van der Waals surface area (Å²) in [6, 6.07) is 14.5. The summed E-state index contributed by atoms with van der Waals surface area (Å²) in [5.41, 5.74) is 4.61. The first-order chi connectivity index (χ1) is 11.9. The van der Waals surface area contributed by atoms with Gasteiger partial charge in [0.25, 0.3) is 0 Å². The number of nitrogens with one attached hydrogen (secondary N) is 2. The highest BCUT2D eigenvalue weighted by Crippen LogP contribution is 2.35. The molecule has 3 rings (SSSR count). The summed E-state index contributed by atoms with van der Waals surface area (Å²) < 4.78 is 5.92. The van der Waals surface area contributed by atoms with Gasteiger partial charge in [-0.05, 0) is 61.7 Å². The zero-order valence-corrected chi connectivity index (χ0v) is 15.2. The fourth-order valence-electron chi connectivity index (χ4n) is 3.20. The monoisotopic (exact) mass is 338 g/mol. The molecule has 4 heteroatoms. The van der Waals surface area contributed by atoms with Crippen molar-refractivity contribution in [1.82, 2.24) is 5.32 Å². The molecule has 132 valence electrons. The van der Waals surface area contributed by atoms with Gasteiger partial charge in [-0.1, -0.05) is 24.3 Å². The van der Waals surface area contributed by atoms with Crippen LogP contribution in [-0.2, 0) is 24.2 Å². The second kappa shape index (κ2) is 7.28. The van der Waals surface area contributed by atoms with Crippen LogP contribution in [0.15, 0.2) is 42.5 Å². The van der Waals surface area contributed by atoms with E-state index >= 15 is 0 Å². The highest BCUT2D eigenvalue weighted by molar-refractivity contribution is 5.88. The normalized spacial score (nSPS) is 14.7. The number of amides is 1. The van der Waals surface area contributed by atoms with Crippen LogP contribution in [0.2, 0.25) is 0 Å². The maximum atomic E-state index is 11.0. The van der Waals surface area contributed by atoms with Gasteiger partial charge in [0.05, 0.1) is 0 Å². The van der Waals surface area contributed by atoms with Gasteiger partial charge in [-0.3, -0.25) is 4.79 Å². The van der Waals surface area contributed by atoms with Crippen LogP contribution in [0.1, 0.15) is 37.5 Å². The van der Waals surface area contributed by atoms with Crippen molar-refractivity contribution in [3.05, 3.63) is 59.2 Å². The van der Waals surface area contributed by atoms with E-state index in [1.54, 1.807) is 0 Å². The molecule has 0 fully saturated rings. The summed E-state index contributed by atoms with van der Waals surface area (Å²) in [5, 5.41) is 6.28. The summed E-state index contributed by atoms with van der Waals surface area (Å²) in [7, 11) is 0. The molecule has 0 aliphatic carbocycles. The second-order valence-corrected chi connectivity index (χ2v) is 7.29. The van der Waals surface area contributed by atoms with Gasteiger partial charge in [0.2, 0.25) is 5.91 Å². The fourth-order valence-corrected chi connectivity index (χ4v) is 3.20.